The van der Waals surface area contributed by atoms with Gasteiger partial charge >= 0.3 is 6.18 Å². The van der Waals surface area contributed by atoms with E-state index in [2.05, 4.69) is 11.6 Å². The second-order valence-corrected chi connectivity index (χ2v) is 2.74. The summed E-state index contributed by atoms with van der Waals surface area (Å²) in [5.74, 6) is 0. The van der Waals surface area contributed by atoms with E-state index in [-0.39, 0.29) is 6.92 Å². The van der Waals surface area contributed by atoms with Crippen molar-refractivity contribution in [3.8, 4) is 0 Å². The maximum Gasteiger partial charge on any atom is 0.423 e. The van der Waals surface area contributed by atoms with Gasteiger partial charge in [0, 0.05) is 0 Å². The molecule has 0 nitrogen and oxygen atoms in total. The molecule has 0 rings (SSSR count). The van der Waals surface area contributed by atoms with Crippen LogP contribution in [0.15, 0.2) is 0 Å². The average molecular weight is 215 g/mol. The third-order valence-electron chi connectivity index (χ3n) is 1.21. The molecule has 0 bridgehead atoms. The van der Waals surface area contributed by atoms with E-state index >= 15 is 0 Å². The van der Waals surface area contributed by atoms with Gasteiger partial charge in [-0.25, -0.2) is 13.2 Å². The molecular formula is C5H5ClF6. The van der Waals surface area contributed by atoms with Gasteiger partial charge in [0.1, 0.15) is 0 Å². The Bertz CT molecular complexity index is 151. The Morgan fingerprint density at radius 1 is 1.08 bits per heavy atom. The van der Waals surface area contributed by atoms with Crippen molar-refractivity contribution in [3.63, 3.8) is 0 Å². The highest BCUT2D eigenvalue weighted by atomic mass is 35.5. The minimum Gasteiger partial charge on any atom is -0.236 e. The second kappa shape index (κ2) is 3.32. The summed E-state index contributed by atoms with van der Waals surface area (Å²) in [7, 11) is 0. The zero-order valence-electron chi connectivity index (χ0n) is 5.80. The van der Waals surface area contributed by atoms with Crippen LogP contribution in [0, 0.1) is 0 Å². The third-order valence-corrected chi connectivity index (χ3v) is 1.64. The molecule has 74 valence electrons. The number of halogens is 7. The predicted octanol–water partition coefficient (Wildman–Crippen LogP) is 3.15. The predicted molar refractivity (Wildman–Crippen MR) is 31.2 cm³/mol. The Balaban J connectivity index is 4.57. The molecule has 12 heavy (non-hydrogen) atoms. The highest BCUT2D eigenvalue weighted by molar-refractivity contribution is 6.20. The van der Waals surface area contributed by atoms with Crippen LogP contribution in [-0.2, 0) is 0 Å². The topological polar surface area (TPSA) is 0 Å². The van der Waals surface area contributed by atoms with Gasteiger partial charge in [0.2, 0.25) is 11.8 Å². The molecule has 0 amide bonds. The highest BCUT2D eigenvalue weighted by Crippen LogP contribution is 2.37. The molecule has 0 aliphatic heterocycles. The Morgan fingerprint density at radius 3 is 1.50 bits per heavy atom. The van der Waals surface area contributed by atoms with Crippen LogP contribution in [-0.4, -0.2) is 23.6 Å². The van der Waals surface area contributed by atoms with Crippen molar-refractivity contribution in [2.45, 2.75) is 30.6 Å². The Kier molecular flexibility index (Phi) is 3.28. The first-order valence-corrected chi connectivity index (χ1v) is 3.21. The van der Waals surface area contributed by atoms with Gasteiger partial charge in [0.05, 0.1) is 0 Å². The molecule has 3 atom stereocenters. The van der Waals surface area contributed by atoms with Crippen molar-refractivity contribution in [3.05, 3.63) is 0 Å². The Morgan fingerprint density at radius 2 is 1.42 bits per heavy atom. The van der Waals surface area contributed by atoms with Crippen LogP contribution < -0.4 is 0 Å². The van der Waals surface area contributed by atoms with Crippen molar-refractivity contribution < 1.29 is 26.3 Å². The summed E-state index contributed by atoms with van der Waals surface area (Å²) in [6.07, 6.45) is -9.36. The quantitative estimate of drug-likeness (QED) is 0.489. The number of hydrogen-bond donors (Lipinski definition) is 0. The molecule has 0 aromatic heterocycles. The summed E-state index contributed by atoms with van der Waals surface area (Å²) in [5.41, 5.74) is -6.78. The zero-order valence-corrected chi connectivity index (χ0v) is 6.56. The molecule has 0 aromatic carbocycles. The summed E-state index contributed by atoms with van der Waals surface area (Å²) >= 11 is 4.39. The first kappa shape index (κ1) is 11.9. The number of rotatable bonds is 2. The van der Waals surface area contributed by atoms with E-state index in [1.165, 1.54) is 0 Å². The summed E-state index contributed by atoms with van der Waals surface area (Å²) in [5, 5.41) is 0. The lowest BCUT2D eigenvalue weighted by Gasteiger charge is -2.25. The standard InChI is InChI=1S/C5H5ClF6/c1-4(9,3(6)8)2(7)5(10,11)12/h2-3H,1H3. The van der Waals surface area contributed by atoms with E-state index in [9.17, 15) is 26.3 Å². The van der Waals surface area contributed by atoms with E-state index in [1.807, 2.05) is 0 Å². The highest BCUT2D eigenvalue weighted by Gasteiger charge is 2.56. The molecule has 0 saturated carbocycles. The molecular weight excluding hydrogens is 209 g/mol. The van der Waals surface area contributed by atoms with Crippen LogP contribution in [0.25, 0.3) is 0 Å². The maximum absolute atomic E-state index is 12.5. The van der Waals surface area contributed by atoms with Gasteiger partial charge in [0.25, 0.3) is 0 Å². The SMILES string of the molecule is CC(F)(C(F)Cl)C(F)C(F)(F)F. The van der Waals surface area contributed by atoms with Crippen molar-refractivity contribution in [2.75, 3.05) is 0 Å². The largest absolute Gasteiger partial charge is 0.423 e. The van der Waals surface area contributed by atoms with E-state index in [4.69, 9.17) is 0 Å². The molecule has 7 heteroatoms. The molecule has 0 aromatic rings. The zero-order chi connectivity index (χ0) is 10.2. The van der Waals surface area contributed by atoms with E-state index in [0.717, 1.165) is 0 Å². The maximum atomic E-state index is 12.5. The van der Waals surface area contributed by atoms with Gasteiger partial charge in [-0.1, -0.05) is 11.6 Å². The van der Waals surface area contributed by atoms with Gasteiger partial charge in [-0.3, -0.25) is 0 Å². The van der Waals surface area contributed by atoms with Crippen LogP contribution in [0.2, 0.25) is 0 Å². The van der Waals surface area contributed by atoms with Crippen molar-refractivity contribution in [1.29, 1.82) is 0 Å². The molecule has 0 saturated heterocycles. The lowest BCUT2D eigenvalue weighted by molar-refractivity contribution is -0.218. The van der Waals surface area contributed by atoms with Crippen molar-refractivity contribution in [2.24, 2.45) is 0 Å². The van der Waals surface area contributed by atoms with Gasteiger partial charge in [-0.2, -0.15) is 13.2 Å². The van der Waals surface area contributed by atoms with Gasteiger partial charge in [0.15, 0.2) is 5.67 Å². The van der Waals surface area contributed by atoms with Gasteiger partial charge in [-0.15, -0.1) is 0 Å². The Labute approximate surface area is 69.5 Å². The normalized spacial score (nSPS) is 23.0. The lowest BCUT2D eigenvalue weighted by Crippen LogP contribution is -2.47. The fraction of sp³-hybridized carbons (Fsp3) is 1.00. The van der Waals surface area contributed by atoms with Crippen molar-refractivity contribution in [1.82, 2.24) is 0 Å². The molecule has 0 spiro atoms. The molecule has 0 aliphatic carbocycles. The monoisotopic (exact) mass is 214 g/mol. The van der Waals surface area contributed by atoms with Crippen LogP contribution in [0.3, 0.4) is 0 Å². The average Bonchev–Trinajstić information content (AvgIpc) is 1.83. The molecule has 0 heterocycles. The molecule has 0 radical (unpaired) electrons. The van der Waals surface area contributed by atoms with Crippen LogP contribution in [0.5, 0.6) is 0 Å². The van der Waals surface area contributed by atoms with E-state index in [0.29, 0.717) is 0 Å². The minimum atomic E-state index is -5.44. The summed E-state index contributed by atoms with van der Waals surface area (Å²) in [6.45, 7) is 0.114. The second-order valence-electron chi connectivity index (χ2n) is 2.36. The summed E-state index contributed by atoms with van der Waals surface area (Å²) in [4.78, 5) is 0. The summed E-state index contributed by atoms with van der Waals surface area (Å²) < 4.78 is 70.9. The first-order chi connectivity index (χ1) is 5.10. The van der Waals surface area contributed by atoms with Crippen molar-refractivity contribution >= 4 is 11.6 Å². The number of alkyl halides is 7. The molecule has 0 aliphatic rings. The third kappa shape index (κ3) is 2.43. The van der Waals surface area contributed by atoms with Crippen LogP contribution >= 0.6 is 11.6 Å². The number of hydrogen-bond acceptors (Lipinski definition) is 0. The molecule has 0 N–H and O–H groups in total. The smallest absolute Gasteiger partial charge is 0.236 e. The van der Waals surface area contributed by atoms with Gasteiger partial charge in [-0.05, 0) is 6.92 Å². The van der Waals surface area contributed by atoms with E-state index < -0.39 is 23.6 Å². The fourth-order valence-corrected chi connectivity index (χ4v) is 0.541. The van der Waals surface area contributed by atoms with E-state index in [1.54, 1.807) is 0 Å². The lowest BCUT2D eigenvalue weighted by atomic mass is 10.0. The minimum absolute atomic E-state index is 0.114. The first-order valence-electron chi connectivity index (χ1n) is 2.78. The molecule has 0 fully saturated rings. The fourth-order valence-electron chi connectivity index (χ4n) is 0.431. The summed E-state index contributed by atoms with van der Waals surface area (Å²) in [6, 6.07) is 0. The van der Waals surface area contributed by atoms with Crippen LogP contribution in [0.4, 0.5) is 26.3 Å². The molecule has 3 unspecified atom stereocenters. The van der Waals surface area contributed by atoms with Crippen LogP contribution in [0.1, 0.15) is 6.92 Å². The van der Waals surface area contributed by atoms with Gasteiger partial charge < -0.3 is 0 Å². The Hall–Kier alpha value is -0.130.